The van der Waals surface area contributed by atoms with Crippen LogP contribution in [0.4, 0.5) is 0 Å². The minimum atomic E-state index is -0.422. The topological polar surface area (TPSA) is 89.1 Å². The molecule has 7 nitrogen and oxygen atoms in total. The first-order valence-corrected chi connectivity index (χ1v) is 6.23. The predicted octanol–water partition coefficient (Wildman–Crippen LogP) is 0.00200. The summed E-state index contributed by atoms with van der Waals surface area (Å²) in [6, 6.07) is 0.584. The van der Waals surface area contributed by atoms with E-state index in [2.05, 4.69) is 36.1 Å². The molecule has 1 amide bonds. The van der Waals surface area contributed by atoms with E-state index >= 15 is 0 Å². The maximum atomic E-state index is 11.2. The van der Waals surface area contributed by atoms with E-state index in [1.165, 1.54) is 0 Å². The van der Waals surface area contributed by atoms with Crippen molar-refractivity contribution < 1.29 is 4.79 Å². The van der Waals surface area contributed by atoms with E-state index in [1.54, 1.807) is 10.9 Å². The molecule has 1 rings (SSSR count). The van der Waals surface area contributed by atoms with Crippen LogP contribution < -0.4 is 11.3 Å². The van der Waals surface area contributed by atoms with Crippen LogP contribution in [0.25, 0.3) is 0 Å². The van der Waals surface area contributed by atoms with Crippen LogP contribution in [-0.4, -0.2) is 45.4 Å². The number of nitrogens with zero attached hydrogens (tertiary/aromatic N) is 4. The van der Waals surface area contributed by atoms with Gasteiger partial charge in [-0.15, -0.1) is 5.10 Å². The first-order chi connectivity index (χ1) is 8.62. The van der Waals surface area contributed by atoms with Crippen molar-refractivity contribution in [1.82, 2.24) is 25.3 Å². The Labute approximate surface area is 107 Å². The third-order valence-corrected chi connectivity index (χ3v) is 3.15. The normalized spacial score (nSPS) is 11.2. The molecule has 1 heterocycles. The van der Waals surface area contributed by atoms with Crippen molar-refractivity contribution in [3.8, 4) is 0 Å². The molecule has 0 saturated carbocycles. The van der Waals surface area contributed by atoms with Gasteiger partial charge in [-0.1, -0.05) is 19.1 Å². The van der Waals surface area contributed by atoms with Crippen molar-refractivity contribution in [2.75, 3.05) is 13.6 Å². The summed E-state index contributed by atoms with van der Waals surface area (Å²) < 4.78 is 1.66. The Morgan fingerprint density at radius 2 is 2.22 bits per heavy atom. The van der Waals surface area contributed by atoms with Gasteiger partial charge in [-0.05, 0) is 19.9 Å². The lowest BCUT2D eigenvalue weighted by Gasteiger charge is -2.25. The fourth-order valence-corrected chi connectivity index (χ4v) is 1.94. The summed E-state index contributed by atoms with van der Waals surface area (Å²) in [7, 11) is 2.10. The van der Waals surface area contributed by atoms with Crippen LogP contribution in [0.5, 0.6) is 0 Å². The Morgan fingerprint density at radius 3 is 2.78 bits per heavy atom. The smallest absolute Gasteiger partial charge is 0.287 e. The lowest BCUT2D eigenvalue weighted by Crippen LogP contribution is -2.33. The molecule has 102 valence electrons. The molecule has 0 bridgehead atoms. The molecule has 0 aliphatic carbocycles. The third-order valence-electron chi connectivity index (χ3n) is 3.15. The molecule has 0 fully saturated rings. The number of carbonyl (C=O) groups is 1. The molecule has 1 aromatic heterocycles. The van der Waals surface area contributed by atoms with E-state index in [9.17, 15) is 4.79 Å². The lowest BCUT2D eigenvalue weighted by molar-refractivity contribution is 0.0948. The highest BCUT2D eigenvalue weighted by atomic mass is 16.2. The quantitative estimate of drug-likeness (QED) is 0.406. The van der Waals surface area contributed by atoms with E-state index in [-0.39, 0.29) is 5.69 Å². The summed E-state index contributed by atoms with van der Waals surface area (Å²) in [6.07, 6.45) is 3.86. The Kier molecular flexibility index (Phi) is 5.73. The molecule has 0 saturated heterocycles. The summed E-state index contributed by atoms with van der Waals surface area (Å²) in [5, 5.41) is 7.64. The number of hydrogen-bond donors (Lipinski definition) is 2. The van der Waals surface area contributed by atoms with E-state index in [1.807, 2.05) is 5.43 Å². The van der Waals surface area contributed by atoms with Crippen molar-refractivity contribution >= 4 is 5.91 Å². The lowest BCUT2D eigenvalue weighted by atomic mass is 10.1. The third kappa shape index (κ3) is 3.78. The van der Waals surface area contributed by atoms with Crippen LogP contribution in [-0.2, 0) is 6.54 Å². The van der Waals surface area contributed by atoms with Crippen molar-refractivity contribution in [3.63, 3.8) is 0 Å². The highest BCUT2D eigenvalue weighted by Gasteiger charge is 2.12. The van der Waals surface area contributed by atoms with Gasteiger partial charge in [0.2, 0.25) is 0 Å². The van der Waals surface area contributed by atoms with Crippen molar-refractivity contribution in [1.29, 1.82) is 0 Å². The zero-order valence-electron chi connectivity index (χ0n) is 11.3. The number of nitrogen functional groups attached to an aromatic ring is 1. The van der Waals surface area contributed by atoms with Gasteiger partial charge in [0.05, 0.1) is 12.7 Å². The molecule has 0 aromatic carbocycles. The van der Waals surface area contributed by atoms with E-state index in [0.717, 1.165) is 19.4 Å². The summed E-state index contributed by atoms with van der Waals surface area (Å²) >= 11 is 0. The Hall–Kier alpha value is -1.47. The van der Waals surface area contributed by atoms with Gasteiger partial charge in [0.15, 0.2) is 5.69 Å². The zero-order chi connectivity index (χ0) is 13.5. The number of aromatic nitrogens is 3. The molecule has 0 unspecified atom stereocenters. The van der Waals surface area contributed by atoms with Crippen LogP contribution in [0.1, 0.15) is 37.2 Å². The Morgan fingerprint density at radius 1 is 1.56 bits per heavy atom. The highest BCUT2D eigenvalue weighted by molar-refractivity contribution is 5.91. The fraction of sp³-hybridized carbons (Fsp3) is 0.727. The fourth-order valence-electron chi connectivity index (χ4n) is 1.94. The number of nitrogens with one attached hydrogen (secondary N) is 1. The number of rotatable bonds is 7. The van der Waals surface area contributed by atoms with E-state index in [0.29, 0.717) is 12.6 Å². The molecule has 0 aliphatic heterocycles. The number of likely N-dealkylation sites (N-methyl/N-ethyl adjacent to an activating group) is 1. The second-order valence-corrected chi connectivity index (χ2v) is 4.29. The minimum absolute atomic E-state index is 0.239. The Bertz CT molecular complexity index is 373. The summed E-state index contributed by atoms with van der Waals surface area (Å²) in [5.41, 5.74) is 2.27. The molecule has 0 atom stereocenters. The van der Waals surface area contributed by atoms with Crippen molar-refractivity contribution in [2.24, 2.45) is 5.84 Å². The second-order valence-electron chi connectivity index (χ2n) is 4.29. The molecule has 0 radical (unpaired) electrons. The largest absolute Gasteiger partial charge is 0.302 e. The second kappa shape index (κ2) is 7.07. The molecule has 0 spiro atoms. The maximum absolute atomic E-state index is 11.2. The molecular formula is C11H22N6O. The van der Waals surface area contributed by atoms with E-state index < -0.39 is 5.91 Å². The number of carbonyl (C=O) groups excluding carboxylic acids is 1. The summed E-state index contributed by atoms with van der Waals surface area (Å²) in [4.78, 5) is 13.5. The summed E-state index contributed by atoms with van der Waals surface area (Å²) in [5.74, 6) is 4.60. The van der Waals surface area contributed by atoms with Crippen molar-refractivity contribution in [3.05, 3.63) is 11.9 Å². The minimum Gasteiger partial charge on any atom is -0.302 e. The van der Waals surface area contributed by atoms with Crippen molar-refractivity contribution in [2.45, 2.75) is 39.3 Å². The van der Waals surface area contributed by atoms with Gasteiger partial charge in [0, 0.05) is 12.6 Å². The van der Waals surface area contributed by atoms with Gasteiger partial charge in [-0.25, -0.2) is 5.84 Å². The van der Waals surface area contributed by atoms with Gasteiger partial charge >= 0.3 is 0 Å². The van der Waals surface area contributed by atoms with Crippen LogP contribution in [0, 0.1) is 0 Å². The molecule has 7 heteroatoms. The van der Waals surface area contributed by atoms with Gasteiger partial charge in [-0.3, -0.25) is 14.9 Å². The number of hydrazine groups is 1. The van der Waals surface area contributed by atoms with Crippen LogP contribution in [0.2, 0.25) is 0 Å². The monoisotopic (exact) mass is 254 g/mol. The van der Waals surface area contributed by atoms with E-state index in [4.69, 9.17) is 5.84 Å². The maximum Gasteiger partial charge on any atom is 0.287 e. The average Bonchev–Trinajstić information content (AvgIpc) is 2.85. The Balaban J connectivity index is 2.48. The molecule has 18 heavy (non-hydrogen) atoms. The van der Waals surface area contributed by atoms with Gasteiger partial charge < -0.3 is 4.90 Å². The molecule has 0 aliphatic rings. The first-order valence-electron chi connectivity index (χ1n) is 6.23. The van der Waals surface area contributed by atoms with Crippen LogP contribution >= 0.6 is 0 Å². The number of hydrogen-bond acceptors (Lipinski definition) is 5. The van der Waals surface area contributed by atoms with Gasteiger partial charge in [0.25, 0.3) is 5.91 Å². The highest BCUT2D eigenvalue weighted by Crippen LogP contribution is 2.05. The average molecular weight is 254 g/mol. The standard InChI is InChI=1S/C11H22N6O/c1-4-9(5-2)16(3)6-7-17-8-10(14-15-17)11(18)13-12/h8-9H,4-7,12H2,1-3H3,(H,13,18). The molecule has 3 N–H and O–H groups in total. The molecule has 1 aromatic rings. The van der Waals surface area contributed by atoms with Gasteiger partial charge in [0.1, 0.15) is 0 Å². The molecular weight excluding hydrogens is 232 g/mol. The SMILES string of the molecule is CCC(CC)N(C)CCn1cc(C(=O)NN)nn1. The van der Waals surface area contributed by atoms with Gasteiger partial charge in [-0.2, -0.15) is 0 Å². The van der Waals surface area contributed by atoms with Crippen LogP contribution in [0.3, 0.4) is 0 Å². The number of nitrogens with two attached hydrogens (primary N) is 1. The zero-order valence-corrected chi connectivity index (χ0v) is 11.3. The first kappa shape index (κ1) is 14.6. The van der Waals surface area contributed by atoms with Crippen LogP contribution in [0.15, 0.2) is 6.20 Å². The number of amides is 1. The predicted molar refractivity (Wildman–Crippen MR) is 68.7 cm³/mol. The summed E-state index contributed by atoms with van der Waals surface area (Å²) in [6.45, 7) is 5.95.